The highest BCUT2D eigenvalue weighted by Gasteiger charge is 2.31. The molecule has 2 aromatic carbocycles. The molecule has 0 bridgehead atoms. The van der Waals surface area contributed by atoms with Gasteiger partial charge in [-0.3, -0.25) is 9.78 Å². The van der Waals surface area contributed by atoms with Gasteiger partial charge >= 0.3 is 0 Å². The van der Waals surface area contributed by atoms with E-state index in [2.05, 4.69) is 33.8 Å². The molecule has 2 aliphatic rings. The average Bonchev–Trinajstić information content (AvgIpc) is 2.80. The quantitative estimate of drug-likeness (QED) is 0.520. The van der Waals surface area contributed by atoms with Crippen molar-refractivity contribution in [1.82, 2.24) is 14.9 Å². The maximum atomic E-state index is 14.8. The van der Waals surface area contributed by atoms with Crippen molar-refractivity contribution in [3.63, 3.8) is 0 Å². The number of aromatic amines is 1. The lowest BCUT2D eigenvalue weighted by molar-refractivity contribution is 0.0512. The molecule has 3 heterocycles. The molecule has 186 valence electrons. The number of nitrogens with one attached hydrogen (secondary N) is 1. The van der Waals surface area contributed by atoms with Gasteiger partial charge in [-0.15, -0.1) is 0 Å². The molecule has 3 aromatic rings. The molecule has 0 atom stereocenters. The molecular formula is C26H32FN5O3. The molecule has 1 saturated heterocycles. The summed E-state index contributed by atoms with van der Waals surface area (Å²) >= 11 is 0. The van der Waals surface area contributed by atoms with E-state index in [1.54, 1.807) is 13.2 Å². The Kier molecular flexibility index (Phi) is 6.37. The Morgan fingerprint density at radius 3 is 2.74 bits per heavy atom. The summed E-state index contributed by atoms with van der Waals surface area (Å²) in [6, 6.07) is 7.61. The van der Waals surface area contributed by atoms with E-state index in [1.807, 2.05) is 19.1 Å². The van der Waals surface area contributed by atoms with Crippen LogP contribution in [-0.2, 0) is 24.1 Å². The standard InChI is InChI=1S/C26H32FN5O3/c1-5-19-21(27)7-6-16-10-18(35-15-34-4)11-23(24(16)19)31-9-8-20-22(14-31)28-26(29-25(20)33)32-12-17(13-32)30(2)3/h6-7,10-11,17H,5,8-9,12-15H2,1-4H3,(H,28,29,33). The molecule has 35 heavy (non-hydrogen) atoms. The topological polar surface area (TPSA) is 73.9 Å². The number of benzene rings is 2. The van der Waals surface area contributed by atoms with Crippen LogP contribution >= 0.6 is 0 Å². The Bertz CT molecular complexity index is 1300. The summed E-state index contributed by atoms with van der Waals surface area (Å²) < 4.78 is 25.7. The van der Waals surface area contributed by atoms with Gasteiger partial charge in [-0.1, -0.05) is 13.0 Å². The number of ether oxygens (including phenoxy) is 2. The monoisotopic (exact) mass is 481 g/mol. The minimum absolute atomic E-state index is 0.0692. The molecule has 9 heteroatoms. The number of aryl methyl sites for hydroxylation is 1. The van der Waals surface area contributed by atoms with Crippen molar-refractivity contribution < 1.29 is 13.9 Å². The largest absolute Gasteiger partial charge is 0.467 e. The Hall–Kier alpha value is -3.17. The molecule has 0 radical (unpaired) electrons. The first-order chi connectivity index (χ1) is 16.9. The zero-order chi connectivity index (χ0) is 24.7. The molecule has 0 aliphatic carbocycles. The van der Waals surface area contributed by atoms with Crippen LogP contribution in [-0.4, -0.2) is 68.5 Å². The van der Waals surface area contributed by atoms with Gasteiger partial charge in [0.2, 0.25) is 5.95 Å². The zero-order valence-electron chi connectivity index (χ0n) is 20.7. The van der Waals surface area contributed by atoms with Crippen molar-refractivity contribution in [3.8, 4) is 5.75 Å². The van der Waals surface area contributed by atoms with Crippen molar-refractivity contribution in [2.75, 3.05) is 57.4 Å². The van der Waals surface area contributed by atoms with Crippen molar-refractivity contribution in [3.05, 3.63) is 57.3 Å². The van der Waals surface area contributed by atoms with Crippen LogP contribution < -0.4 is 20.1 Å². The minimum atomic E-state index is -0.214. The predicted molar refractivity (Wildman–Crippen MR) is 135 cm³/mol. The minimum Gasteiger partial charge on any atom is -0.467 e. The van der Waals surface area contributed by atoms with Gasteiger partial charge in [0.15, 0.2) is 6.79 Å². The summed E-state index contributed by atoms with van der Waals surface area (Å²) in [6.45, 7) is 4.86. The maximum absolute atomic E-state index is 14.8. The Balaban J connectivity index is 1.53. The van der Waals surface area contributed by atoms with Gasteiger partial charge in [-0.25, -0.2) is 9.37 Å². The van der Waals surface area contributed by atoms with E-state index in [9.17, 15) is 9.18 Å². The lowest BCUT2D eigenvalue weighted by atomic mass is 9.97. The van der Waals surface area contributed by atoms with E-state index >= 15 is 0 Å². The summed E-state index contributed by atoms with van der Waals surface area (Å²) in [5, 5.41) is 1.79. The zero-order valence-corrected chi connectivity index (χ0v) is 20.7. The van der Waals surface area contributed by atoms with E-state index in [1.165, 1.54) is 6.07 Å². The first kappa shape index (κ1) is 23.6. The fourth-order valence-electron chi connectivity index (χ4n) is 5.01. The summed E-state index contributed by atoms with van der Waals surface area (Å²) in [5.74, 6) is 1.06. The Labute approximate surface area is 204 Å². The van der Waals surface area contributed by atoms with Gasteiger partial charge in [0, 0.05) is 55.5 Å². The summed E-state index contributed by atoms with van der Waals surface area (Å²) in [5.41, 5.74) is 2.99. The number of rotatable bonds is 7. The number of halogens is 1. The van der Waals surface area contributed by atoms with E-state index in [0.717, 1.165) is 40.8 Å². The normalized spacial score (nSPS) is 16.1. The van der Waals surface area contributed by atoms with Crippen molar-refractivity contribution in [2.24, 2.45) is 0 Å². The van der Waals surface area contributed by atoms with Crippen molar-refractivity contribution in [2.45, 2.75) is 32.4 Å². The molecule has 2 aliphatic heterocycles. The van der Waals surface area contributed by atoms with E-state index < -0.39 is 0 Å². The molecule has 5 rings (SSSR count). The predicted octanol–water partition coefficient (Wildman–Crippen LogP) is 2.92. The highest BCUT2D eigenvalue weighted by Crippen LogP contribution is 2.38. The van der Waals surface area contributed by atoms with Crippen LogP contribution in [0.2, 0.25) is 0 Å². The maximum Gasteiger partial charge on any atom is 0.255 e. The summed E-state index contributed by atoms with van der Waals surface area (Å²) in [4.78, 5) is 27.2. The smallest absolute Gasteiger partial charge is 0.255 e. The van der Waals surface area contributed by atoms with Gasteiger partial charge in [0.05, 0.1) is 12.2 Å². The Morgan fingerprint density at radius 2 is 2.03 bits per heavy atom. The third-order valence-electron chi connectivity index (χ3n) is 7.11. The van der Waals surface area contributed by atoms with E-state index in [-0.39, 0.29) is 18.2 Å². The Morgan fingerprint density at radius 1 is 1.23 bits per heavy atom. The first-order valence-electron chi connectivity index (χ1n) is 12.0. The number of methoxy groups -OCH3 is 1. The molecule has 0 amide bonds. The number of hydrogen-bond acceptors (Lipinski definition) is 7. The van der Waals surface area contributed by atoms with Crippen LogP contribution in [0.15, 0.2) is 29.1 Å². The third-order valence-corrected chi connectivity index (χ3v) is 7.11. The van der Waals surface area contributed by atoms with Crippen LogP contribution in [0.5, 0.6) is 5.75 Å². The molecular weight excluding hydrogens is 449 g/mol. The van der Waals surface area contributed by atoms with E-state index in [4.69, 9.17) is 14.5 Å². The lowest BCUT2D eigenvalue weighted by Gasteiger charge is -2.43. The van der Waals surface area contributed by atoms with Gasteiger partial charge < -0.3 is 24.2 Å². The van der Waals surface area contributed by atoms with Gasteiger partial charge in [-0.2, -0.15) is 0 Å². The number of anilines is 2. The second kappa shape index (κ2) is 9.47. The molecule has 1 N–H and O–H groups in total. The highest BCUT2D eigenvalue weighted by atomic mass is 19.1. The van der Waals surface area contributed by atoms with Gasteiger partial charge in [0.25, 0.3) is 5.56 Å². The second-order valence-corrected chi connectivity index (χ2v) is 9.48. The number of aromatic nitrogens is 2. The average molecular weight is 482 g/mol. The van der Waals surface area contributed by atoms with Crippen LogP contribution in [0.3, 0.4) is 0 Å². The fraction of sp³-hybridized carbons (Fsp3) is 0.462. The third kappa shape index (κ3) is 4.34. The molecule has 0 spiro atoms. The summed E-state index contributed by atoms with van der Waals surface area (Å²) in [7, 11) is 5.70. The number of fused-ring (bicyclic) bond motifs is 2. The van der Waals surface area contributed by atoms with Crippen LogP contribution in [0.25, 0.3) is 10.8 Å². The lowest BCUT2D eigenvalue weighted by Crippen LogP contribution is -2.58. The van der Waals surface area contributed by atoms with Crippen LogP contribution in [0.4, 0.5) is 16.0 Å². The van der Waals surface area contributed by atoms with Crippen LogP contribution in [0, 0.1) is 5.82 Å². The number of hydrogen-bond donors (Lipinski definition) is 1. The van der Waals surface area contributed by atoms with Gasteiger partial charge in [-0.05, 0) is 50.0 Å². The molecule has 0 saturated carbocycles. The SMILES string of the molecule is CCc1c(F)ccc2cc(OCOC)cc(N3CCc4c(nc(N5CC(N(C)C)C5)[nH]c4=O)C3)c12. The molecule has 1 fully saturated rings. The summed E-state index contributed by atoms with van der Waals surface area (Å²) in [6.07, 6.45) is 1.14. The number of likely N-dealkylation sites (N-methyl/N-ethyl adjacent to an activating group) is 1. The second-order valence-electron chi connectivity index (χ2n) is 9.48. The highest BCUT2D eigenvalue weighted by molar-refractivity contribution is 5.98. The van der Waals surface area contributed by atoms with Crippen molar-refractivity contribution in [1.29, 1.82) is 0 Å². The number of nitrogens with zero attached hydrogens (tertiary/aromatic N) is 4. The van der Waals surface area contributed by atoms with Crippen molar-refractivity contribution >= 4 is 22.4 Å². The fourth-order valence-corrected chi connectivity index (χ4v) is 5.01. The van der Waals surface area contributed by atoms with Crippen LogP contribution in [0.1, 0.15) is 23.7 Å². The molecule has 1 aromatic heterocycles. The van der Waals surface area contributed by atoms with E-state index in [0.29, 0.717) is 49.2 Å². The van der Waals surface area contributed by atoms with Gasteiger partial charge in [0.1, 0.15) is 11.6 Å². The first-order valence-corrected chi connectivity index (χ1v) is 12.0. The molecule has 0 unspecified atom stereocenters. The molecule has 8 nitrogen and oxygen atoms in total. The number of H-pyrrole nitrogens is 1.